The van der Waals surface area contributed by atoms with Crippen LogP contribution in [0.4, 0.5) is 0 Å². The molecule has 0 atom stereocenters. The Bertz CT molecular complexity index is 557. The maximum Gasteiger partial charge on any atom is 0.303 e. The van der Waals surface area contributed by atoms with Crippen LogP contribution in [0.5, 0.6) is 0 Å². The van der Waals surface area contributed by atoms with Crippen molar-refractivity contribution in [3.8, 4) is 0 Å². The van der Waals surface area contributed by atoms with Crippen LogP contribution in [0.3, 0.4) is 0 Å². The molecule has 14 nitrogen and oxygen atoms in total. The molecule has 244 valence electrons. The van der Waals surface area contributed by atoms with Crippen LogP contribution < -0.4 is 5.32 Å². The summed E-state index contributed by atoms with van der Waals surface area (Å²) in [4.78, 5) is 21.7. The Morgan fingerprint density at radius 3 is 1.05 bits per heavy atom. The normalized spacial score (nSPS) is 11.2. The highest BCUT2D eigenvalue weighted by Crippen LogP contribution is 1.90. The van der Waals surface area contributed by atoms with E-state index in [4.69, 9.17) is 52.5 Å². The number of carboxylic acids is 1. The van der Waals surface area contributed by atoms with Crippen LogP contribution in [0.15, 0.2) is 0 Å². The van der Waals surface area contributed by atoms with E-state index in [1.165, 1.54) is 0 Å². The van der Waals surface area contributed by atoms with Crippen LogP contribution in [-0.4, -0.2) is 156 Å². The summed E-state index contributed by atoms with van der Waals surface area (Å²) in [5.74, 6) is -1.25. The number of carbonyl (C=O) groups excluding carboxylic acids is 1. The van der Waals surface area contributed by atoms with Gasteiger partial charge in [0.25, 0.3) is 0 Å². The fraction of sp³-hybridized carbons (Fsp3) is 0.926. The number of ether oxygens (including phenoxy) is 10. The van der Waals surface area contributed by atoms with E-state index in [0.29, 0.717) is 145 Å². The topological polar surface area (TPSA) is 159 Å². The van der Waals surface area contributed by atoms with Crippen molar-refractivity contribution in [2.24, 2.45) is 0 Å². The summed E-state index contributed by atoms with van der Waals surface area (Å²) in [6.07, 6.45) is 0.486. The van der Waals surface area contributed by atoms with E-state index < -0.39 is 5.97 Å². The summed E-state index contributed by atoms with van der Waals surface area (Å²) in [5, 5.41) is 11.2. The molecule has 14 heteroatoms. The van der Waals surface area contributed by atoms with Gasteiger partial charge in [-0.05, 0) is 13.3 Å². The number of carboxylic acid groups (broad SMARTS) is 1. The number of hydrogen-bond acceptors (Lipinski definition) is 12. The first kappa shape index (κ1) is 39.5. The Morgan fingerprint density at radius 1 is 0.463 bits per heavy atom. The first-order valence-corrected chi connectivity index (χ1v) is 14.4. The Kier molecular flexibility index (Phi) is 33.5. The molecule has 41 heavy (non-hydrogen) atoms. The van der Waals surface area contributed by atoms with Gasteiger partial charge in [0.15, 0.2) is 0 Å². The Balaban J connectivity index is 3.08. The van der Waals surface area contributed by atoms with Crippen LogP contribution in [-0.2, 0) is 57.0 Å². The molecule has 0 spiro atoms. The number of nitrogens with one attached hydrogen (secondary N) is 1. The van der Waals surface area contributed by atoms with Gasteiger partial charge < -0.3 is 57.8 Å². The van der Waals surface area contributed by atoms with Gasteiger partial charge in [0.05, 0.1) is 125 Å². The number of amides is 1. The molecule has 1 amide bonds. The largest absolute Gasteiger partial charge is 0.481 e. The minimum absolute atomic E-state index is 0.00749. The van der Waals surface area contributed by atoms with Gasteiger partial charge >= 0.3 is 5.97 Å². The predicted octanol–water partition coefficient (Wildman–Crippen LogP) is 0.543. The lowest BCUT2D eigenvalue weighted by atomic mass is 10.3. The quantitative estimate of drug-likeness (QED) is 0.0974. The monoisotopic (exact) mass is 599 g/mol. The van der Waals surface area contributed by atoms with Crippen molar-refractivity contribution in [3.05, 3.63) is 0 Å². The second kappa shape index (κ2) is 34.7. The number of carbonyl (C=O) groups is 2. The molecule has 0 radical (unpaired) electrons. The van der Waals surface area contributed by atoms with Crippen molar-refractivity contribution in [3.63, 3.8) is 0 Å². The third kappa shape index (κ3) is 36.5. The summed E-state index contributed by atoms with van der Waals surface area (Å²) in [7, 11) is 0. The van der Waals surface area contributed by atoms with Crippen LogP contribution in [0.2, 0.25) is 0 Å². The summed E-state index contributed by atoms with van der Waals surface area (Å²) >= 11 is 0. The summed E-state index contributed by atoms with van der Waals surface area (Å²) in [6, 6.07) is 0. The lowest BCUT2D eigenvalue weighted by Crippen LogP contribution is -2.25. The fourth-order valence-corrected chi connectivity index (χ4v) is 2.83. The second-order valence-corrected chi connectivity index (χ2v) is 8.31. The van der Waals surface area contributed by atoms with Crippen molar-refractivity contribution >= 4 is 11.9 Å². The van der Waals surface area contributed by atoms with Gasteiger partial charge in [-0.3, -0.25) is 9.59 Å². The predicted molar refractivity (Wildman–Crippen MR) is 148 cm³/mol. The van der Waals surface area contributed by atoms with Crippen LogP contribution >= 0.6 is 0 Å². The number of rotatable bonds is 35. The van der Waals surface area contributed by atoms with E-state index in [1.54, 1.807) is 0 Å². The van der Waals surface area contributed by atoms with Crippen molar-refractivity contribution in [1.29, 1.82) is 0 Å². The third-order valence-corrected chi connectivity index (χ3v) is 4.91. The number of aliphatic carboxylic acids is 1. The minimum Gasteiger partial charge on any atom is -0.481 e. The number of hydrogen-bond donors (Lipinski definition) is 2. The second-order valence-electron chi connectivity index (χ2n) is 8.31. The van der Waals surface area contributed by atoms with Crippen LogP contribution in [0, 0.1) is 0 Å². The molecule has 0 aromatic heterocycles. The third-order valence-electron chi connectivity index (χ3n) is 4.91. The van der Waals surface area contributed by atoms with E-state index in [2.05, 4.69) is 5.32 Å². The molecule has 0 aromatic carbocycles. The lowest BCUT2D eigenvalue weighted by Gasteiger charge is -2.09. The SMILES string of the molecule is CCOCCOCCOCCOCCOCCOCCOCCOCCOCCOCCCNC(=O)CCC(=O)O. The Labute approximate surface area is 244 Å². The average molecular weight is 600 g/mol. The van der Waals surface area contributed by atoms with E-state index in [1.807, 2.05) is 6.92 Å². The summed E-state index contributed by atoms with van der Waals surface area (Å²) in [6.45, 7) is 12.8. The highest BCUT2D eigenvalue weighted by atomic mass is 16.6. The highest BCUT2D eigenvalue weighted by Gasteiger charge is 2.04. The van der Waals surface area contributed by atoms with E-state index in [0.717, 1.165) is 0 Å². The zero-order chi connectivity index (χ0) is 29.9. The van der Waals surface area contributed by atoms with Crippen molar-refractivity contribution in [2.45, 2.75) is 26.2 Å². The lowest BCUT2D eigenvalue weighted by molar-refractivity contribution is -0.138. The average Bonchev–Trinajstić information content (AvgIpc) is 2.96. The summed E-state index contributed by atoms with van der Waals surface area (Å²) in [5.41, 5.74) is 0. The molecule has 0 saturated heterocycles. The molecule has 0 aromatic rings. The van der Waals surface area contributed by atoms with E-state index in [9.17, 15) is 9.59 Å². The van der Waals surface area contributed by atoms with E-state index in [-0.39, 0.29) is 18.7 Å². The van der Waals surface area contributed by atoms with E-state index >= 15 is 0 Å². The van der Waals surface area contributed by atoms with Gasteiger partial charge in [0.2, 0.25) is 5.91 Å². The maximum atomic E-state index is 11.3. The summed E-state index contributed by atoms with van der Waals surface area (Å²) < 4.78 is 53.9. The van der Waals surface area contributed by atoms with Gasteiger partial charge in [-0.25, -0.2) is 0 Å². The van der Waals surface area contributed by atoms with Gasteiger partial charge in [0, 0.05) is 26.2 Å². The molecule has 0 saturated carbocycles. The molecule has 0 heterocycles. The Hall–Kier alpha value is -1.46. The van der Waals surface area contributed by atoms with Crippen LogP contribution in [0.25, 0.3) is 0 Å². The van der Waals surface area contributed by atoms with Crippen molar-refractivity contribution in [1.82, 2.24) is 5.32 Å². The zero-order valence-electron chi connectivity index (χ0n) is 24.8. The smallest absolute Gasteiger partial charge is 0.303 e. The minimum atomic E-state index is -0.981. The molecular formula is C27H53NO13. The van der Waals surface area contributed by atoms with Gasteiger partial charge in [-0.1, -0.05) is 0 Å². The fourth-order valence-electron chi connectivity index (χ4n) is 2.83. The molecule has 0 bridgehead atoms. The maximum absolute atomic E-state index is 11.3. The van der Waals surface area contributed by atoms with Crippen molar-refractivity contribution < 1.29 is 62.1 Å². The molecule has 0 aliphatic heterocycles. The molecule has 2 N–H and O–H groups in total. The molecular weight excluding hydrogens is 546 g/mol. The highest BCUT2D eigenvalue weighted by molar-refractivity contribution is 5.80. The molecule has 0 aliphatic rings. The Morgan fingerprint density at radius 2 is 0.756 bits per heavy atom. The van der Waals surface area contributed by atoms with Crippen molar-refractivity contribution in [2.75, 3.05) is 139 Å². The molecule has 0 fully saturated rings. The molecule has 0 rings (SSSR count). The van der Waals surface area contributed by atoms with Crippen LogP contribution in [0.1, 0.15) is 26.2 Å². The van der Waals surface area contributed by atoms with Gasteiger partial charge in [-0.2, -0.15) is 0 Å². The standard InChI is InChI=1S/C27H53NO13/c1-2-32-8-9-34-12-13-36-16-17-38-20-21-40-24-25-41-23-22-39-19-18-37-15-14-35-11-10-33-7-3-6-28-26(29)4-5-27(30)31/h2-25H2,1H3,(H,28,29)(H,30,31). The first-order valence-electron chi connectivity index (χ1n) is 14.4. The van der Waals surface area contributed by atoms with Gasteiger partial charge in [0.1, 0.15) is 0 Å². The zero-order valence-corrected chi connectivity index (χ0v) is 24.8. The first-order chi connectivity index (χ1) is 20.2. The van der Waals surface area contributed by atoms with Gasteiger partial charge in [-0.15, -0.1) is 0 Å². The molecule has 0 unspecified atom stereocenters. The molecule has 0 aliphatic carbocycles.